The summed E-state index contributed by atoms with van der Waals surface area (Å²) in [5, 5.41) is 2.61. The molecule has 0 radical (unpaired) electrons. The summed E-state index contributed by atoms with van der Waals surface area (Å²) in [5.74, 6) is -0.169. The smallest absolute Gasteiger partial charge is 0.412 e. The molecule has 1 N–H and O–H groups in total. The van der Waals surface area contributed by atoms with Gasteiger partial charge in [0.05, 0.1) is 24.9 Å². The minimum Gasteiger partial charge on any atom is -0.469 e. The Balaban J connectivity index is 1.91. The van der Waals surface area contributed by atoms with E-state index < -0.39 is 11.7 Å². The van der Waals surface area contributed by atoms with Crippen LogP contribution >= 0.6 is 0 Å². The number of hydrogen-bond acceptors (Lipinski definition) is 5. The number of hydrogen-bond donors (Lipinski definition) is 1. The predicted molar refractivity (Wildman–Crippen MR) is 77.0 cm³/mol. The summed E-state index contributed by atoms with van der Waals surface area (Å²) in [6.07, 6.45) is 1.81. The molecule has 1 aromatic rings. The van der Waals surface area contributed by atoms with E-state index in [9.17, 15) is 9.59 Å². The molecule has 0 bridgehead atoms. The number of nitrogens with zero attached hydrogens (tertiary/aromatic N) is 1. The quantitative estimate of drug-likeness (QED) is 0.867. The van der Waals surface area contributed by atoms with Gasteiger partial charge in [0.1, 0.15) is 5.60 Å². The van der Waals surface area contributed by atoms with Crippen LogP contribution < -0.4 is 5.32 Å². The molecule has 1 fully saturated rings. The molecule has 0 spiro atoms. The number of pyridine rings is 1. The number of carbonyl (C=O) groups excluding carboxylic acids is 2. The lowest BCUT2D eigenvalue weighted by Crippen LogP contribution is -2.27. The highest BCUT2D eigenvalue weighted by Crippen LogP contribution is 2.47. The molecular weight excluding hydrogens is 272 g/mol. The third-order valence-electron chi connectivity index (χ3n) is 3.11. The van der Waals surface area contributed by atoms with Crippen LogP contribution in [0.4, 0.5) is 10.5 Å². The second-order valence-corrected chi connectivity index (χ2v) is 6.07. The average molecular weight is 292 g/mol. The molecule has 1 aliphatic carbocycles. The summed E-state index contributed by atoms with van der Waals surface area (Å²) in [6, 6.07) is 3.55. The van der Waals surface area contributed by atoms with E-state index in [-0.39, 0.29) is 17.8 Å². The van der Waals surface area contributed by atoms with Crippen molar-refractivity contribution in [1.82, 2.24) is 4.98 Å². The predicted octanol–water partition coefficient (Wildman–Crippen LogP) is 2.71. The maximum absolute atomic E-state index is 11.6. The second kappa shape index (κ2) is 5.71. The van der Waals surface area contributed by atoms with Gasteiger partial charge in [-0.25, -0.2) is 4.79 Å². The molecular formula is C15H20N2O4. The number of methoxy groups -OCH3 is 1. The van der Waals surface area contributed by atoms with Crippen LogP contribution in [-0.4, -0.2) is 29.8 Å². The molecule has 1 amide bonds. The number of esters is 1. The lowest BCUT2D eigenvalue weighted by molar-refractivity contribution is -0.142. The van der Waals surface area contributed by atoms with Crippen molar-refractivity contribution in [3.63, 3.8) is 0 Å². The van der Waals surface area contributed by atoms with Crippen molar-refractivity contribution in [2.45, 2.75) is 38.7 Å². The molecule has 1 aliphatic rings. The molecule has 2 rings (SSSR count). The van der Waals surface area contributed by atoms with Gasteiger partial charge in [-0.1, -0.05) is 0 Å². The van der Waals surface area contributed by atoms with E-state index in [2.05, 4.69) is 10.3 Å². The number of nitrogens with one attached hydrogen (secondary N) is 1. The SMILES string of the molecule is COC(=O)[C@H]1C[C@@H]1c1ccc(NC(=O)OC(C)(C)C)cn1. The molecule has 2 atom stereocenters. The van der Waals surface area contributed by atoms with Crippen LogP contribution in [0.25, 0.3) is 0 Å². The van der Waals surface area contributed by atoms with Crippen LogP contribution in [0.5, 0.6) is 0 Å². The summed E-state index contributed by atoms with van der Waals surface area (Å²) < 4.78 is 9.86. The number of aromatic nitrogens is 1. The van der Waals surface area contributed by atoms with Crippen LogP contribution in [0.1, 0.15) is 38.8 Å². The largest absolute Gasteiger partial charge is 0.469 e. The molecule has 0 saturated heterocycles. The van der Waals surface area contributed by atoms with E-state index in [1.165, 1.54) is 7.11 Å². The summed E-state index contributed by atoms with van der Waals surface area (Å²) in [4.78, 5) is 27.3. The molecule has 1 saturated carbocycles. The van der Waals surface area contributed by atoms with Gasteiger partial charge in [-0.15, -0.1) is 0 Å². The molecule has 0 aromatic carbocycles. The lowest BCUT2D eigenvalue weighted by atomic mass is 10.2. The summed E-state index contributed by atoms with van der Waals surface area (Å²) in [7, 11) is 1.39. The van der Waals surface area contributed by atoms with Crippen molar-refractivity contribution >= 4 is 17.7 Å². The Hall–Kier alpha value is -2.11. The first-order chi connectivity index (χ1) is 9.80. The van der Waals surface area contributed by atoms with Gasteiger partial charge in [0.2, 0.25) is 0 Å². The molecule has 6 heteroatoms. The Bertz CT molecular complexity index is 534. The number of anilines is 1. The fourth-order valence-corrected chi connectivity index (χ4v) is 2.05. The minimum absolute atomic E-state index is 0.0906. The van der Waals surface area contributed by atoms with E-state index in [1.807, 2.05) is 0 Å². The Morgan fingerprint density at radius 1 is 1.33 bits per heavy atom. The first-order valence-corrected chi connectivity index (χ1v) is 6.84. The highest BCUT2D eigenvalue weighted by atomic mass is 16.6. The zero-order valence-corrected chi connectivity index (χ0v) is 12.7. The Morgan fingerprint density at radius 3 is 2.57 bits per heavy atom. The monoisotopic (exact) mass is 292 g/mol. The topological polar surface area (TPSA) is 77.5 Å². The molecule has 114 valence electrons. The molecule has 21 heavy (non-hydrogen) atoms. The van der Waals surface area contributed by atoms with Gasteiger partial charge in [0, 0.05) is 11.6 Å². The highest BCUT2D eigenvalue weighted by molar-refractivity contribution is 5.84. The third-order valence-corrected chi connectivity index (χ3v) is 3.11. The first-order valence-electron chi connectivity index (χ1n) is 6.84. The number of rotatable bonds is 3. The van der Waals surface area contributed by atoms with E-state index in [0.29, 0.717) is 5.69 Å². The highest BCUT2D eigenvalue weighted by Gasteiger charge is 2.45. The minimum atomic E-state index is -0.542. The molecule has 6 nitrogen and oxygen atoms in total. The van der Waals surface area contributed by atoms with Crippen LogP contribution in [0.3, 0.4) is 0 Å². The zero-order valence-electron chi connectivity index (χ0n) is 12.7. The van der Waals surface area contributed by atoms with Gasteiger partial charge in [-0.05, 0) is 39.3 Å². The molecule has 0 unspecified atom stereocenters. The Labute approximate surface area is 123 Å². The summed E-state index contributed by atoms with van der Waals surface area (Å²) >= 11 is 0. The standard InChI is InChI=1S/C15H20N2O4/c1-15(2,3)21-14(19)17-9-5-6-12(16-8-9)10-7-11(10)13(18)20-4/h5-6,8,10-11H,7H2,1-4H3,(H,17,19)/t10-,11-/m0/s1. The third kappa shape index (κ3) is 4.18. The fourth-order valence-electron chi connectivity index (χ4n) is 2.05. The van der Waals surface area contributed by atoms with E-state index in [1.54, 1.807) is 39.1 Å². The van der Waals surface area contributed by atoms with Crippen LogP contribution in [-0.2, 0) is 14.3 Å². The number of carbonyl (C=O) groups is 2. The van der Waals surface area contributed by atoms with Crippen LogP contribution in [0.15, 0.2) is 18.3 Å². The van der Waals surface area contributed by atoms with Gasteiger partial charge in [-0.3, -0.25) is 15.1 Å². The van der Waals surface area contributed by atoms with Gasteiger partial charge < -0.3 is 9.47 Å². The van der Waals surface area contributed by atoms with Gasteiger partial charge in [0.25, 0.3) is 0 Å². The van der Waals surface area contributed by atoms with Crippen molar-refractivity contribution in [2.24, 2.45) is 5.92 Å². The molecule has 1 heterocycles. The average Bonchev–Trinajstić information content (AvgIpc) is 3.16. The van der Waals surface area contributed by atoms with Crippen molar-refractivity contribution in [1.29, 1.82) is 0 Å². The first kappa shape index (κ1) is 15.3. The maximum atomic E-state index is 11.6. The summed E-state index contributed by atoms with van der Waals surface area (Å²) in [5.41, 5.74) is 0.850. The fraction of sp³-hybridized carbons (Fsp3) is 0.533. The normalized spacial score (nSPS) is 20.6. The summed E-state index contributed by atoms with van der Waals surface area (Å²) in [6.45, 7) is 5.40. The van der Waals surface area contributed by atoms with Gasteiger partial charge >= 0.3 is 12.1 Å². The second-order valence-electron chi connectivity index (χ2n) is 6.07. The molecule has 0 aliphatic heterocycles. The Kier molecular flexibility index (Phi) is 4.16. The van der Waals surface area contributed by atoms with E-state index in [4.69, 9.17) is 9.47 Å². The molecule has 1 aromatic heterocycles. The number of ether oxygens (including phenoxy) is 2. The van der Waals surface area contributed by atoms with Crippen molar-refractivity contribution in [2.75, 3.05) is 12.4 Å². The van der Waals surface area contributed by atoms with Crippen molar-refractivity contribution in [3.05, 3.63) is 24.0 Å². The Morgan fingerprint density at radius 2 is 2.05 bits per heavy atom. The van der Waals surface area contributed by atoms with Gasteiger partial charge in [0.15, 0.2) is 0 Å². The van der Waals surface area contributed by atoms with Gasteiger partial charge in [-0.2, -0.15) is 0 Å². The van der Waals surface area contributed by atoms with Crippen LogP contribution in [0.2, 0.25) is 0 Å². The van der Waals surface area contributed by atoms with Crippen molar-refractivity contribution in [3.8, 4) is 0 Å². The van der Waals surface area contributed by atoms with Crippen molar-refractivity contribution < 1.29 is 19.1 Å². The van der Waals surface area contributed by atoms with Crippen LogP contribution in [0, 0.1) is 5.92 Å². The maximum Gasteiger partial charge on any atom is 0.412 e. The number of amides is 1. The lowest BCUT2D eigenvalue weighted by Gasteiger charge is -2.19. The van der Waals surface area contributed by atoms with E-state index in [0.717, 1.165) is 12.1 Å². The van der Waals surface area contributed by atoms with E-state index >= 15 is 0 Å². The zero-order chi connectivity index (χ0) is 15.6.